The van der Waals surface area contributed by atoms with E-state index >= 15 is 0 Å². The molecule has 31 heavy (non-hydrogen) atoms. The Bertz CT molecular complexity index is 1050. The number of nitrogens with zero attached hydrogens (tertiary/aromatic N) is 1. The fourth-order valence-electron chi connectivity index (χ4n) is 3.24. The molecule has 8 nitrogen and oxygen atoms in total. The van der Waals surface area contributed by atoms with Crippen LogP contribution in [0.5, 0.6) is 5.75 Å². The molecule has 1 heterocycles. The van der Waals surface area contributed by atoms with Gasteiger partial charge in [-0.3, -0.25) is 9.59 Å². The first-order valence-corrected chi connectivity index (χ1v) is 11.5. The summed E-state index contributed by atoms with van der Waals surface area (Å²) in [6.07, 6.45) is 0.0502. The van der Waals surface area contributed by atoms with Crippen LogP contribution in [0, 0.1) is 0 Å². The van der Waals surface area contributed by atoms with Crippen LogP contribution in [0.4, 0.5) is 0 Å². The molecule has 166 valence electrons. The van der Waals surface area contributed by atoms with Crippen LogP contribution in [-0.4, -0.2) is 50.3 Å². The SMILES string of the molecule is CC(C)Oc1cccc(C(C)NC(=O)c2ccc(S(=O)(=O)N3CCNC(=O)C3)cc2)c1. The second-order valence-electron chi connectivity index (χ2n) is 7.65. The molecule has 1 aliphatic rings. The fraction of sp³-hybridized carbons (Fsp3) is 0.364. The second kappa shape index (κ2) is 9.49. The Morgan fingerprint density at radius 2 is 1.84 bits per heavy atom. The van der Waals surface area contributed by atoms with Gasteiger partial charge >= 0.3 is 0 Å². The van der Waals surface area contributed by atoms with Gasteiger partial charge < -0.3 is 15.4 Å². The minimum absolute atomic E-state index is 0.0466. The van der Waals surface area contributed by atoms with Crippen molar-refractivity contribution in [1.29, 1.82) is 0 Å². The van der Waals surface area contributed by atoms with Crippen molar-refractivity contribution in [3.63, 3.8) is 0 Å². The topological polar surface area (TPSA) is 105 Å². The molecule has 0 aromatic heterocycles. The Hall–Kier alpha value is -2.91. The van der Waals surface area contributed by atoms with E-state index in [1.165, 1.54) is 24.3 Å². The van der Waals surface area contributed by atoms with Crippen LogP contribution in [0.2, 0.25) is 0 Å². The number of rotatable bonds is 7. The van der Waals surface area contributed by atoms with Gasteiger partial charge in [0.15, 0.2) is 0 Å². The summed E-state index contributed by atoms with van der Waals surface area (Å²) in [6, 6.07) is 13.0. The van der Waals surface area contributed by atoms with E-state index in [0.717, 1.165) is 15.6 Å². The molecule has 1 aliphatic heterocycles. The smallest absolute Gasteiger partial charge is 0.251 e. The van der Waals surface area contributed by atoms with Crippen molar-refractivity contribution in [2.24, 2.45) is 0 Å². The average molecular weight is 446 g/mol. The van der Waals surface area contributed by atoms with Gasteiger partial charge in [-0.05, 0) is 62.7 Å². The number of piperazine rings is 1. The molecule has 2 aromatic carbocycles. The minimum atomic E-state index is -3.79. The van der Waals surface area contributed by atoms with E-state index in [0.29, 0.717) is 5.56 Å². The average Bonchev–Trinajstić information content (AvgIpc) is 2.73. The molecule has 0 bridgehead atoms. The molecule has 2 aromatic rings. The molecule has 1 unspecified atom stereocenters. The van der Waals surface area contributed by atoms with Crippen molar-refractivity contribution in [2.45, 2.75) is 37.8 Å². The highest BCUT2D eigenvalue weighted by Crippen LogP contribution is 2.21. The van der Waals surface area contributed by atoms with Gasteiger partial charge in [-0.1, -0.05) is 12.1 Å². The van der Waals surface area contributed by atoms with Gasteiger partial charge in [-0.2, -0.15) is 4.31 Å². The zero-order valence-corrected chi connectivity index (χ0v) is 18.6. The summed E-state index contributed by atoms with van der Waals surface area (Å²) in [5.41, 5.74) is 1.24. The fourth-order valence-corrected chi connectivity index (χ4v) is 4.64. The maximum atomic E-state index is 12.7. The highest BCUT2D eigenvalue weighted by atomic mass is 32.2. The molecule has 1 fully saturated rings. The van der Waals surface area contributed by atoms with Crippen LogP contribution in [0.3, 0.4) is 0 Å². The molecule has 1 atom stereocenters. The molecule has 0 aliphatic carbocycles. The Labute approximate surface area is 182 Å². The van der Waals surface area contributed by atoms with Crippen molar-refractivity contribution < 1.29 is 22.7 Å². The molecule has 0 saturated carbocycles. The van der Waals surface area contributed by atoms with E-state index in [9.17, 15) is 18.0 Å². The number of amides is 2. The van der Waals surface area contributed by atoms with Crippen LogP contribution in [0.15, 0.2) is 53.4 Å². The third-order valence-corrected chi connectivity index (χ3v) is 6.69. The van der Waals surface area contributed by atoms with Gasteiger partial charge in [0.05, 0.1) is 23.6 Å². The van der Waals surface area contributed by atoms with E-state index in [1.807, 2.05) is 45.0 Å². The van der Waals surface area contributed by atoms with Crippen molar-refractivity contribution in [1.82, 2.24) is 14.9 Å². The van der Waals surface area contributed by atoms with Gasteiger partial charge in [0.25, 0.3) is 5.91 Å². The predicted molar refractivity (Wildman–Crippen MR) is 116 cm³/mol. The quantitative estimate of drug-likeness (QED) is 0.679. The number of carbonyl (C=O) groups excluding carboxylic acids is 2. The Morgan fingerprint density at radius 1 is 1.13 bits per heavy atom. The monoisotopic (exact) mass is 445 g/mol. The van der Waals surface area contributed by atoms with Crippen LogP contribution in [-0.2, 0) is 14.8 Å². The van der Waals surface area contributed by atoms with E-state index in [4.69, 9.17) is 4.74 Å². The molecule has 0 radical (unpaired) electrons. The summed E-state index contributed by atoms with van der Waals surface area (Å²) in [5, 5.41) is 5.51. The van der Waals surface area contributed by atoms with Gasteiger partial charge in [-0.25, -0.2) is 8.42 Å². The number of sulfonamides is 1. The van der Waals surface area contributed by atoms with Crippen LogP contribution < -0.4 is 15.4 Å². The number of ether oxygens (including phenoxy) is 1. The second-order valence-corrected chi connectivity index (χ2v) is 9.59. The largest absolute Gasteiger partial charge is 0.491 e. The van der Waals surface area contributed by atoms with Crippen LogP contribution >= 0.6 is 0 Å². The molecule has 3 rings (SSSR count). The normalized spacial score (nSPS) is 15.9. The van der Waals surface area contributed by atoms with E-state index in [2.05, 4.69) is 10.6 Å². The van der Waals surface area contributed by atoms with Crippen molar-refractivity contribution in [3.05, 3.63) is 59.7 Å². The Balaban J connectivity index is 1.68. The predicted octanol–water partition coefficient (Wildman–Crippen LogP) is 2.09. The van der Waals surface area contributed by atoms with Crippen molar-refractivity contribution in [3.8, 4) is 5.75 Å². The first-order chi connectivity index (χ1) is 14.7. The third-order valence-electron chi connectivity index (χ3n) is 4.84. The number of hydrogen-bond acceptors (Lipinski definition) is 5. The molecule has 0 spiro atoms. The zero-order chi connectivity index (χ0) is 22.6. The maximum Gasteiger partial charge on any atom is 0.251 e. The molecular formula is C22H27N3O5S. The molecular weight excluding hydrogens is 418 g/mol. The van der Waals surface area contributed by atoms with E-state index in [1.54, 1.807) is 0 Å². The van der Waals surface area contributed by atoms with E-state index < -0.39 is 10.0 Å². The van der Waals surface area contributed by atoms with Gasteiger partial charge in [0.2, 0.25) is 15.9 Å². The highest BCUT2D eigenvalue weighted by molar-refractivity contribution is 7.89. The third kappa shape index (κ3) is 5.62. The van der Waals surface area contributed by atoms with Gasteiger partial charge in [0.1, 0.15) is 5.75 Å². The lowest BCUT2D eigenvalue weighted by molar-refractivity contribution is -0.122. The number of carbonyl (C=O) groups is 2. The Kier molecular flexibility index (Phi) is 6.97. The number of hydrogen-bond donors (Lipinski definition) is 2. The van der Waals surface area contributed by atoms with Crippen LogP contribution in [0.25, 0.3) is 0 Å². The summed E-state index contributed by atoms with van der Waals surface area (Å²) in [6.45, 7) is 6.05. The molecule has 2 amide bonds. The zero-order valence-electron chi connectivity index (χ0n) is 17.8. The molecule has 2 N–H and O–H groups in total. The summed E-state index contributed by atoms with van der Waals surface area (Å²) in [7, 11) is -3.79. The van der Waals surface area contributed by atoms with Gasteiger partial charge in [0, 0.05) is 18.7 Å². The maximum absolute atomic E-state index is 12.7. The molecule has 9 heteroatoms. The summed E-state index contributed by atoms with van der Waals surface area (Å²) >= 11 is 0. The van der Waals surface area contributed by atoms with E-state index in [-0.39, 0.29) is 48.5 Å². The lowest BCUT2D eigenvalue weighted by atomic mass is 10.1. The number of benzene rings is 2. The standard InChI is InChI=1S/C22H27N3O5S/c1-15(2)30-19-6-4-5-18(13-19)16(3)24-22(27)17-7-9-20(10-8-17)31(28,29)25-12-11-23-21(26)14-25/h4-10,13,15-16H,11-12,14H2,1-3H3,(H,23,26)(H,24,27). The first kappa shape index (κ1) is 22.8. The van der Waals surface area contributed by atoms with Gasteiger partial charge in [-0.15, -0.1) is 0 Å². The lowest BCUT2D eigenvalue weighted by Crippen LogP contribution is -2.49. The summed E-state index contributed by atoms with van der Waals surface area (Å²) < 4.78 is 32.3. The Morgan fingerprint density at radius 3 is 2.48 bits per heavy atom. The van der Waals surface area contributed by atoms with Crippen LogP contribution in [0.1, 0.15) is 42.7 Å². The lowest BCUT2D eigenvalue weighted by Gasteiger charge is -2.25. The summed E-state index contributed by atoms with van der Waals surface area (Å²) in [5.74, 6) is 0.0845. The highest BCUT2D eigenvalue weighted by Gasteiger charge is 2.29. The van der Waals surface area contributed by atoms with Crippen molar-refractivity contribution in [2.75, 3.05) is 19.6 Å². The first-order valence-electron chi connectivity index (χ1n) is 10.1. The molecule has 1 saturated heterocycles. The van der Waals surface area contributed by atoms with Crippen molar-refractivity contribution >= 4 is 21.8 Å². The summed E-state index contributed by atoms with van der Waals surface area (Å²) in [4.78, 5) is 24.2. The minimum Gasteiger partial charge on any atom is -0.491 e. The number of nitrogens with one attached hydrogen (secondary N) is 2.